The molecule has 0 unspecified atom stereocenters. The van der Waals surface area contributed by atoms with Gasteiger partial charge in [-0.1, -0.05) is 11.2 Å². The standard InChI is InChI=1S/C19H18F3N3O3/c1-12-10-14(17-23-18(28-24-17)19(20,21)22)11-13(2)16(12)27-9-5-8-25-7-4-3-6-15(25)26/h3-4,6-7,10-11H,5,8-9H2,1-2H3. The molecule has 0 spiro atoms. The van der Waals surface area contributed by atoms with Crippen molar-refractivity contribution in [3.8, 4) is 17.1 Å². The highest BCUT2D eigenvalue weighted by Gasteiger charge is 2.38. The molecule has 2 heterocycles. The van der Waals surface area contributed by atoms with Gasteiger partial charge in [-0.2, -0.15) is 18.2 Å². The number of aryl methyl sites for hydroxylation is 3. The van der Waals surface area contributed by atoms with Gasteiger partial charge < -0.3 is 13.8 Å². The van der Waals surface area contributed by atoms with E-state index < -0.39 is 12.1 Å². The summed E-state index contributed by atoms with van der Waals surface area (Å²) < 4.78 is 49.6. The Morgan fingerprint density at radius 3 is 2.50 bits per heavy atom. The van der Waals surface area contributed by atoms with Crippen molar-refractivity contribution < 1.29 is 22.4 Å². The molecule has 3 rings (SSSR count). The smallest absolute Gasteiger partial charge is 0.471 e. The predicted molar refractivity (Wildman–Crippen MR) is 95.0 cm³/mol. The summed E-state index contributed by atoms with van der Waals surface area (Å²) in [5.74, 6) is -0.869. The third kappa shape index (κ3) is 4.41. The zero-order chi connectivity index (χ0) is 20.3. The minimum absolute atomic E-state index is 0.0717. The fourth-order valence-electron chi connectivity index (χ4n) is 2.82. The van der Waals surface area contributed by atoms with E-state index in [1.807, 2.05) is 0 Å². The summed E-state index contributed by atoms with van der Waals surface area (Å²) in [7, 11) is 0. The molecule has 0 fully saturated rings. The molecule has 0 atom stereocenters. The number of alkyl halides is 3. The maximum atomic E-state index is 12.6. The van der Waals surface area contributed by atoms with E-state index in [9.17, 15) is 18.0 Å². The van der Waals surface area contributed by atoms with Gasteiger partial charge in [0.25, 0.3) is 0 Å². The molecule has 9 heteroatoms. The van der Waals surface area contributed by atoms with Crippen LogP contribution >= 0.6 is 0 Å². The number of aromatic nitrogens is 3. The Morgan fingerprint density at radius 2 is 1.89 bits per heavy atom. The molecule has 0 N–H and O–H groups in total. The summed E-state index contributed by atoms with van der Waals surface area (Å²) in [5.41, 5.74) is 1.82. The fourth-order valence-corrected chi connectivity index (χ4v) is 2.82. The molecule has 0 aliphatic heterocycles. The molecule has 0 amide bonds. The molecule has 0 bridgehead atoms. The van der Waals surface area contributed by atoms with Crippen LogP contribution in [0.1, 0.15) is 23.4 Å². The molecule has 6 nitrogen and oxygen atoms in total. The van der Waals surface area contributed by atoms with Crippen LogP contribution in [0, 0.1) is 13.8 Å². The fraction of sp³-hybridized carbons (Fsp3) is 0.316. The normalized spacial score (nSPS) is 11.6. The number of pyridine rings is 1. The largest absolute Gasteiger partial charge is 0.493 e. The second kappa shape index (κ2) is 7.87. The van der Waals surface area contributed by atoms with Crippen LogP contribution in [0.25, 0.3) is 11.4 Å². The van der Waals surface area contributed by atoms with E-state index in [4.69, 9.17) is 4.74 Å². The first kappa shape index (κ1) is 19.7. The molecule has 0 aliphatic rings. The molecule has 3 aromatic rings. The van der Waals surface area contributed by atoms with Gasteiger partial charge >= 0.3 is 12.1 Å². The average molecular weight is 393 g/mol. The van der Waals surface area contributed by atoms with Crippen molar-refractivity contribution in [3.05, 3.63) is 63.9 Å². The Morgan fingerprint density at radius 1 is 1.18 bits per heavy atom. The lowest BCUT2D eigenvalue weighted by molar-refractivity contribution is -0.159. The SMILES string of the molecule is Cc1cc(-c2noc(C(F)(F)F)n2)cc(C)c1OCCCn1ccccc1=O. The van der Waals surface area contributed by atoms with Gasteiger partial charge in [0.1, 0.15) is 5.75 Å². The lowest BCUT2D eigenvalue weighted by Crippen LogP contribution is -2.19. The highest BCUT2D eigenvalue weighted by molar-refractivity contribution is 5.61. The molecule has 1 aromatic carbocycles. The minimum Gasteiger partial charge on any atom is -0.493 e. The average Bonchev–Trinajstić information content (AvgIpc) is 3.12. The number of benzene rings is 1. The quantitative estimate of drug-likeness (QED) is 0.592. The van der Waals surface area contributed by atoms with Crippen molar-refractivity contribution in [3.63, 3.8) is 0 Å². The predicted octanol–water partition coefficient (Wildman–Crippen LogP) is 4.00. The van der Waals surface area contributed by atoms with Gasteiger partial charge in [0.2, 0.25) is 11.4 Å². The Balaban J connectivity index is 1.67. The summed E-state index contributed by atoms with van der Waals surface area (Å²) in [5, 5.41) is 3.40. The topological polar surface area (TPSA) is 70.2 Å². The third-order valence-corrected chi connectivity index (χ3v) is 4.08. The Labute approximate surface area is 158 Å². The van der Waals surface area contributed by atoms with Crippen molar-refractivity contribution in [1.82, 2.24) is 14.7 Å². The summed E-state index contributed by atoms with van der Waals surface area (Å²) in [6.07, 6.45) is -2.34. The van der Waals surface area contributed by atoms with E-state index >= 15 is 0 Å². The van der Waals surface area contributed by atoms with E-state index in [1.54, 1.807) is 48.9 Å². The van der Waals surface area contributed by atoms with Gasteiger partial charge in [0.15, 0.2) is 0 Å². The molecule has 0 radical (unpaired) electrons. The van der Waals surface area contributed by atoms with Gasteiger partial charge in [-0.25, -0.2) is 0 Å². The van der Waals surface area contributed by atoms with Crippen molar-refractivity contribution in [2.75, 3.05) is 6.61 Å². The summed E-state index contributed by atoms with van der Waals surface area (Å²) in [4.78, 5) is 15.1. The minimum atomic E-state index is -4.68. The molecular weight excluding hydrogens is 375 g/mol. The first-order valence-electron chi connectivity index (χ1n) is 8.56. The zero-order valence-electron chi connectivity index (χ0n) is 15.3. The van der Waals surface area contributed by atoms with Crippen LogP contribution in [-0.4, -0.2) is 21.3 Å². The van der Waals surface area contributed by atoms with Crippen LogP contribution in [-0.2, 0) is 12.7 Å². The number of hydrogen-bond acceptors (Lipinski definition) is 5. The van der Waals surface area contributed by atoms with Crippen LogP contribution < -0.4 is 10.3 Å². The van der Waals surface area contributed by atoms with Gasteiger partial charge in [-0.05, 0) is 49.6 Å². The second-order valence-corrected chi connectivity index (χ2v) is 6.29. The monoisotopic (exact) mass is 393 g/mol. The van der Waals surface area contributed by atoms with Crippen LogP contribution in [0.3, 0.4) is 0 Å². The highest BCUT2D eigenvalue weighted by Crippen LogP contribution is 2.32. The highest BCUT2D eigenvalue weighted by atomic mass is 19.4. The number of hydrogen-bond donors (Lipinski definition) is 0. The summed E-state index contributed by atoms with van der Waals surface area (Å²) >= 11 is 0. The zero-order valence-corrected chi connectivity index (χ0v) is 15.3. The Bertz CT molecular complexity index is 1000. The lowest BCUT2D eigenvalue weighted by Gasteiger charge is -2.13. The van der Waals surface area contributed by atoms with E-state index in [0.717, 1.165) is 11.1 Å². The maximum absolute atomic E-state index is 12.6. The first-order valence-corrected chi connectivity index (χ1v) is 8.56. The second-order valence-electron chi connectivity index (χ2n) is 6.29. The maximum Gasteiger partial charge on any atom is 0.471 e. The van der Waals surface area contributed by atoms with Crippen molar-refractivity contribution in [1.29, 1.82) is 0 Å². The number of nitrogens with zero attached hydrogens (tertiary/aromatic N) is 3. The first-order chi connectivity index (χ1) is 13.3. The van der Waals surface area contributed by atoms with Crippen LogP contribution in [0.2, 0.25) is 0 Å². The number of halogens is 3. The van der Waals surface area contributed by atoms with E-state index in [2.05, 4.69) is 14.7 Å². The van der Waals surface area contributed by atoms with E-state index in [0.29, 0.717) is 30.9 Å². The Kier molecular flexibility index (Phi) is 5.53. The molecule has 28 heavy (non-hydrogen) atoms. The van der Waals surface area contributed by atoms with Crippen molar-refractivity contribution in [2.45, 2.75) is 33.0 Å². The van der Waals surface area contributed by atoms with Gasteiger partial charge in [-0.3, -0.25) is 4.79 Å². The van der Waals surface area contributed by atoms with Crippen molar-refractivity contribution >= 4 is 0 Å². The molecule has 148 valence electrons. The molecule has 0 saturated carbocycles. The molecule has 0 saturated heterocycles. The van der Waals surface area contributed by atoms with Crippen LogP contribution in [0.5, 0.6) is 5.75 Å². The molecular formula is C19H18F3N3O3. The number of ether oxygens (including phenoxy) is 1. The van der Waals surface area contributed by atoms with Gasteiger partial charge in [0, 0.05) is 24.4 Å². The third-order valence-electron chi connectivity index (χ3n) is 4.08. The van der Waals surface area contributed by atoms with Crippen molar-refractivity contribution in [2.24, 2.45) is 0 Å². The molecule has 2 aromatic heterocycles. The summed E-state index contributed by atoms with van der Waals surface area (Å²) in [6.45, 7) is 4.50. The summed E-state index contributed by atoms with van der Waals surface area (Å²) in [6, 6.07) is 8.27. The van der Waals surface area contributed by atoms with Gasteiger partial charge in [-0.15, -0.1) is 0 Å². The number of rotatable bonds is 6. The van der Waals surface area contributed by atoms with E-state index in [-0.39, 0.29) is 11.4 Å². The molecule has 0 aliphatic carbocycles. The van der Waals surface area contributed by atoms with Gasteiger partial charge in [0.05, 0.1) is 6.61 Å². The Hall–Kier alpha value is -3.10. The van der Waals surface area contributed by atoms with Crippen LogP contribution in [0.4, 0.5) is 13.2 Å². The van der Waals surface area contributed by atoms with E-state index in [1.165, 1.54) is 6.07 Å². The lowest BCUT2D eigenvalue weighted by atomic mass is 10.1. The van der Waals surface area contributed by atoms with Crippen LogP contribution in [0.15, 0.2) is 45.8 Å².